The average Bonchev–Trinajstić information content (AvgIpc) is 2.68. The summed E-state index contributed by atoms with van der Waals surface area (Å²) in [5.41, 5.74) is 6.37. The van der Waals surface area contributed by atoms with E-state index in [0.29, 0.717) is 0 Å². The van der Waals surface area contributed by atoms with Crippen molar-refractivity contribution < 1.29 is 39.5 Å². The molecular formula is C25H28IrNO4-. The maximum absolute atomic E-state index is 10.0. The molecule has 167 valence electrons. The third kappa shape index (κ3) is 6.91. The van der Waals surface area contributed by atoms with Gasteiger partial charge in [-0.05, 0) is 19.5 Å². The van der Waals surface area contributed by atoms with Gasteiger partial charge in [0.05, 0.1) is 25.5 Å². The second-order valence-electron chi connectivity index (χ2n) is 7.12. The molecule has 1 radical (unpaired) electrons. The molecule has 6 heteroatoms. The van der Waals surface area contributed by atoms with Crippen LogP contribution in [0.5, 0.6) is 11.5 Å². The molecule has 1 aromatic heterocycles. The monoisotopic (exact) mass is 599 g/mol. The Morgan fingerprint density at radius 3 is 2.23 bits per heavy atom. The average molecular weight is 599 g/mol. The van der Waals surface area contributed by atoms with E-state index in [9.17, 15) is 4.79 Å². The molecule has 0 bridgehead atoms. The predicted octanol–water partition coefficient (Wildman–Crippen LogP) is 5.68. The van der Waals surface area contributed by atoms with E-state index in [2.05, 4.69) is 32.9 Å². The van der Waals surface area contributed by atoms with Gasteiger partial charge in [0.15, 0.2) is 5.78 Å². The molecule has 2 aromatic carbocycles. The standard InChI is InChI=1S/C20H20NO2.C5H8O2.Ir/c1-12-8-14(3)17(9-13(12)2)18-7-6-16-19(21-18)10-15(22-4)11-20(16)23-5;1-4(6)3-5(2)7;/h6-8,10-11H,1-5H3;3,6H,1-2H3;/q-1;;/b;4-3-;. The first-order chi connectivity index (χ1) is 14.2. The molecule has 3 rings (SSSR count). The summed E-state index contributed by atoms with van der Waals surface area (Å²) in [6.45, 7) is 9.12. The number of ether oxygens (including phenoxy) is 2. The maximum Gasteiger partial charge on any atom is 0.155 e. The van der Waals surface area contributed by atoms with Crippen molar-refractivity contribution in [2.45, 2.75) is 34.6 Å². The van der Waals surface area contributed by atoms with Crippen molar-refractivity contribution >= 4 is 16.7 Å². The molecule has 31 heavy (non-hydrogen) atoms. The van der Waals surface area contributed by atoms with Crippen molar-refractivity contribution in [3.05, 3.63) is 64.9 Å². The SMILES string of the molecule is CC(=O)/C=C(/C)O.COc1cc(OC)c2ccc(-c3[c-]c(C)c(C)cc3C)nc2c1.[Ir]. The van der Waals surface area contributed by atoms with Gasteiger partial charge in [-0.3, -0.25) is 9.78 Å². The topological polar surface area (TPSA) is 68.7 Å². The summed E-state index contributed by atoms with van der Waals surface area (Å²) in [6.07, 6.45) is 1.17. The van der Waals surface area contributed by atoms with Crippen LogP contribution in [0.1, 0.15) is 30.5 Å². The third-order valence-electron chi connectivity index (χ3n) is 4.60. The van der Waals surface area contributed by atoms with Crippen molar-refractivity contribution in [1.82, 2.24) is 4.98 Å². The van der Waals surface area contributed by atoms with Gasteiger partial charge >= 0.3 is 0 Å². The molecular weight excluding hydrogens is 570 g/mol. The fourth-order valence-corrected chi connectivity index (χ4v) is 3.05. The minimum atomic E-state index is -0.125. The number of fused-ring (bicyclic) bond motifs is 1. The van der Waals surface area contributed by atoms with Gasteiger partial charge in [-0.15, -0.1) is 34.4 Å². The number of aliphatic hydroxyl groups excluding tert-OH is 1. The summed E-state index contributed by atoms with van der Waals surface area (Å²) in [5.74, 6) is 1.44. The number of hydrogen-bond donors (Lipinski definition) is 1. The summed E-state index contributed by atoms with van der Waals surface area (Å²) in [6, 6.07) is 13.5. The summed E-state index contributed by atoms with van der Waals surface area (Å²) in [7, 11) is 3.30. The first-order valence-corrected chi connectivity index (χ1v) is 9.57. The molecule has 0 atom stereocenters. The maximum atomic E-state index is 10.0. The molecule has 1 N–H and O–H groups in total. The quantitative estimate of drug-likeness (QED) is 0.238. The number of aliphatic hydroxyl groups is 1. The molecule has 0 saturated heterocycles. The van der Waals surface area contributed by atoms with Crippen LogP contribution in [0.2, 0.25) is 0 Å². The van der Waals surface area contributed by atoms with Gasteiger partial charge in [-0.2, -0.15) is 0 Å². The second-order valence-corrected chi connectivity index (χ2v) is 7.12. The van der Waals surface area contributed by atoms with Gasteiger partial charge in [0.25, 0.3) is 0 Å². The minimum Gasteiger partial charge on any atom is -0.512 e. The van der Waals surface area contributed by atoms with E-state index < -0.39 is 0 Å². The Labute approximate surface area is 197 Å². The Morgan fingerprint density at radius 2 is 1.71 bits per heavy atom. The smallest absolute Gasteiger partial charge is 0.155 e. The molecule has 0 fully saturated rings. The number of nitrogens with zero attached hydrogens (tertiary/aromatic N) is 1. The van der Waals surface area contributed by atoms with Gasteiger partial charge in [-0.25, -0.2) is 0 Å². The number of pyridine rings is 1. The van der Waals surface area contributed by atoms with E-state index in [0.717, 1.165) is 39.2 Å². The van der Waals surface area contributed by atoms with Crippen LogP contribution < -0.4 is 9.47 Å². The van der Waals surface area contributed by atoms with Crippen LogP contribution in [-0.2, 0) is 24.9 Å². The van der Waals surface area contributed by atoms with Crippen LogP contribution in [0.3, 0.4) is 0 Å². The number of aromatic nitrogens is 1. The van der Waals surface area contributed by atoms with Crippen LogP contribution in [0.4, 0.5) is 0 Å². The zero-order valence-electron chi connectivity index (χ0n) is 18.9. The zero-order valence-corrected chi connectivity index (χ0v) is 21.3. The molecule has 0 spiro atoms. The Kier molecular flexibility index (Phi) is 9.89. The van der Waals surface area contributed by atoms with Gasteiger partial charge in [-0.1, -0.05) is 32.9 Å². The van der Waals surface area contributed by atoms with E-state index in [4.69, 9.17) is 19.6 Å². The molecule has 0 amide bonds. The summed E-state index contributed by atoms with van der Waals surface area (Å²) >= 11 is 0. The first-order valence-electron chi connectivity index (χ1n) is 9.57. The van der Waals surface area contributed by atoms with Crippen LogP contribution in [0.15, 0.2) is 42.2 Å². The van der Waals surface area contributed by atoms with Gasteiger partial charge < -0.3 is 14.6 Å². The molecule has 0 aliphatic carbocycles. The number of benzene rings is 2. The molecule has 0 saturated carbocycles. The summed E-state index contributed by atoms with van der Waals surface area (Å²) in [5, 5.41) is 9.33. The molecule has 0 unspecified atom stereocenters. The normalized spacial score (nSPS) is 10.6. The Balaban J connectivity index is 0.000000523. The van der Waals surface area contributed by atoms with Crippen molar-refractivity contribution in [1.29, 1.82) is 0 Å². The predicted molar refractivity (Wildman–Crippen MR) is 120 cm³/mol. The van der Waals surface area contributed by atoms with Crippen molar-refractivity contribution in [2.24, 2.45) is 0 Å². The fourth-order valence-electron chi connectivity index (χ4n) is 3.05. The van der Waals surface area contributed by atoms with Crippen molar-refractivity contribution in [3.63, 3.8) is 0 Å². The number of allylic oxidation sites excluding steroid dienone is 2. The number of rotatable bonds is 4. The first kappa shape index (κ1) is 26.3. The second kappa shape index (κ2) is 11.6. The van der Waals surface area contributed by atoms with Crippen LogP contribution in [-0.4, -0.2) is 30.1 Å². The van der Waals surface area contributed by atoms with E-state index in [-0.39, 0.29) is 31.6 Å². The summed E-state index contributed by atoms with van der Waals surface area (Å²) in [4.78, 5) is 14.8. The van der Waals surface area contributed by atoms with Crippen molar-refractivity contribution in [3.8, 4) is 22.8 Å². The largest absolute Gasteiger partial charge is 0.512 e. The fraction of sp³-hybridized carbons (Fsp3) is 0.280. The Hall–Kier alpha value is -2.69. The van der Waals surface area contributed by atoms with E-state index in [1.54, 1.807) is 14.2 Å². The third-order valence-corrected chi connectivity index (χ3v) is 4.60. The molecule has 5 nitrogen and oxygen atoms in total. The number of ketones is 1. The Bertz CT molecular complexity index is 1100. The van der Waals surface area contributed by atoms with Crippen LogP contribution >= 0.6 is 0 Å². The zero-order chi connectivity index (χ0) is 22.4. The van der Waals surface area contributed by atoms with Crippen LogP contribution in [0, 0.1) is 26.8 Å². The molecule has 1 heterocycles. The van der Waals surface area contributed by atoms with Gasteiger partial charge in [0.1, 0.15) is 11.5 Å². The number of methoxy groups -OCH3 is 2. The number of carbonyl (C=O) groups is 1. The van der Waals surface area contributed by atoms with Crippen LogP contribution in [0.25, 0.3) is 22.2 Å². The minimum absolute atomic E-state index is 0. The van der Waals surface area contributed by atoms with Gasteiger partial charge in [0.2, 0.25) is 0 Å². The van der Waals surface area contributed by atoms with Gasteiger partial charge in [0, 0.05) is 43.7 Å². The van der Waals surface area contributed by atoms with Crippen molar-refractivity contribution in [2.75, 3.05) is 14.2 Å². The Morgan fingerprint density at radius 1 is 1.03 bits per heavy atom. The molecule has 0 aliphatic heterocycles. The van der Waals surface area contributed by atoms with E-state index >= 15 is 0 Å². The molecule has 3 aromatic rings. The summed E-state index contributed by atoms with van der Waals surface area (Å²) < 4.78 is 10.8. The van der Waals surface area contributed by atoms with E-state index in [1.807, 2.05) is 24.3 Å². The number of aryl methyl sites for hydroxylation is 3. The number of hydrogen-bond acceptors (Lipinski definition) is 5. The number of carbonyl (C=O) groups excluding carboxylic acids is 1. The molecule has 0 aliphatic rings. The van der Waals surface area contributed by atoms with E-state index in [1.165, 1.54) is 31.1 Å².